The van der Waals surface area contributed by atoms with Crippen LogP contribution in [0.25, 0.3) is 0 Å². The summed E-state index contributed by atoms with van der Waals surface area (Å²) < 4.78 is 9.67. The van der Waals surface area contributed by atoms with Crippen molar-refractivity contribution < 1.29 is 28.8 Å². The molecule has 1 rings (SSSR count). The zero-order valence-electron chi connectivity index (χ0n) is 12.6. The second kappa shape index (κ2) is 7.75. The molecule has 0 heterocycles. The van der Waals surface area contributed by atoms with E-state index in [4.69, 9.17) is 14.5 Å². The molecule has 0 aromatic heterocycles. The lowest BCUT2D eigenvalue weighted by Crippen LogP contribution is -2.34. The predicted molar refractivity (Wildman–Crippen MR) is 74.5 cm³/mol. The van der Waals surface area contributed by atoms with Gasteiger partial charge in [-0.05, 0) is 32.9 Å². The lowest BCUT2D eigenvalue weighted by atomic mass is 10.2. The first kappa shape index (κ1) is 17.1. The molecule has 0 amide bonds. The van der Waals surface area contributed by atoms with Crippen LogP contribution in [0.15, 0.2) is 30.3 Å². The fraction of sp³-hybridized carbons (Fsp3) is 0.467. The SMILES string of the molecule is COC(=O)[C@@H](COOC(C)(C)C)OC(=O)c1ccccc1. The van der Waals surface area contributed by atoms with Crippen LogP contribution in [-0.4, -0.2) is 37.4 Å². The minimum atomic E-state index is -1.19. The van der Waals surface area contributed by atoms with Crippen LogP contribution >= 0.6 is 0 Å². The first-order valence-corrected chi connectivity index (χ1v) is 6.48. The number of benzene rings is 1. The van der Waals surface area contributed by atoms with Gasteiger partial charge in [-0.25, -0.2) is 19.4 Å². The molecule has 1 aromatic carbocycles. The van der Waals surface area contributed by atoms with Gasteiger partial charge in [0.15, 0.2) is 0 Å². The molecule has 0 unspecified atom stereocenters. The van der Waals surface area contributed by atoms with Crippen molar-refractivity contribution in [3.05, 3.63) is 35.9 Å². The lowest BCUT2D eigenvalue weighted by Gasteiger charge is -2.20. The van der Waals surface area contributed by atoms with Crippen molar-refractivity contribution in [3.63, 3.8) is 0 Å². The molecule has 6 heteroatoms. The topological polar surface area (TPSA) is 71.1 Å². The van der Waals surface area contributed by atoms with Crippen molar-refractivity contribution in [1.82, 2.24) is 0 Å². The molecule has 0 spiro atoms. The van der Waals surface area contributed by atoms with Gasteiger partial charge in [0, 0.05) is 0 Å². The average molecular weight is 296 g/mol. The van der Waals surface area contributed by atoms with Crippen LogP contribution in [0.2, 0.25) is 0 Å². The van der Waals surface area contributed by atoms with Gasteiger partial charge in [0.05, 0.1) is 18.3 Å². The number of rotatable bonds is 6. The van der Waals surface area contributed by atoms with Crippen molar-refractivity contribution in [2.45, 2.75) is 32.5 Å². The highest BCUT2D eigenvalue weighted by Crippen LogP contribution is 2.10. The Morgan fingerprint density at radius 3 is 2.29 bits per heavy atom. The van der Waals surface area contributed by atoms with Gasteiger partial charge in [-0.2, -0.15) is 0 Å². The first-order valence-electron chi connectivity index (χ1n) is 6.48. The standard InChI is InChI=1S/C15H20O6/c1-15(2,3)21-19-10-12(14(17)18-4)20-13(16)11-8-6-5-7-9-11/h5-9,12H,10H2,1-4H3/t12-/m1/s1. The molecular weight excluding hydrogens is 276 g/mol. The fourth-order valence-electron chi connectivity index (χ4n) is 1.33. The molecule has 0 radical (unpaired) electrons. The Kier molecular flexibility index (Phi) is 6.33. The van der Waals surface area contributed by atoms with E-state index >= 15 is 0 Å². The fourth-order valence-corrected chi connectivity index (χ4v) is 1.33. The molecule has 0 aliphatic rings. The van der Waals surface area contributed by atoms with Crippen LogP contribution in [0.3, 0.4) is 0 Å². The molecule has 1 aromatic rings. The Labute approximate surface area is 123 Å². The molecule has 0 saturated heterocycles. The van der Waals surface area contributed by atoms with E-state index in [9.17, 15) is 9.59 Å². The molecule has 6 nitrogen and oxygen atoms in total. The summed E-state index contributed by atoms with van der Waals surface area (Å²) in [5.74, 6) is -1.35. The van der Waals surface area contributed by atoms with Gasteiger partial charge in [-0.3, -0.25) is 0 Å². The zero-order chi connectivity index (χ0) is 15.9. The van der Waals surface area contributed by atoms with E-state index in [0.717, 1.165) is 0 Å². The summed E-state index contributed by atoms with van der Waals surface area (Å²) >= 11 is 0. The van der Waals surface area contributed by atoms with E-state index in [0.29, 0.717) is 5.56 Å². The van der Waals surface area contributed by atoms with Crippen LogP contribution in [0.1, 0.15) is 31.1 Å². The maximum atomic E-state index is 11.9. The second-order valence-corrected chi connectivity index (χ2v) is 5.26. The molecule has 21 heavy (non-hydrogen) atoms. The van der Waals surface area contributed by atoms with Gasteiger partial charge in [0.25, 0.3) is 0 Å². The molecule has 116 valence electrons. The third-order valence-corrected chi connectivity index (χ3v) is 2.25. The van der Waals surface area contributed by atoms with E-state index in [2.05, 4.69) is 4.74 Å². The summed E-state index contributed by atoms with van der Waals surface area (Å²) in [7, 11) is 1.20. The van der Waals surface area contributed by atoms with Crippen LogP contribution in [0, 0.1) is 0 Å². The average Bonchev–Trinajstić information content (AvgIpc) is 2.45. The molecule has 0 fully saturated rings. The summed E-state index contributed by atoms with van der Waals surface area (Å²) in [5.41, 5.74) is -0.201. The van der Waals surface area contributed by atoms with Crippen molar-refractivity contribution >= 4 is 11.9 Å². The first-order chi connectivity index (χ1) is 9.83. The number of methoxy groups -OCH3 is 1. The van der Waals surface area contributed by atoms with Gasteiger partial charge in [0.1, 0.15) is 6.61 Å². The highest BCUT2D eigenvalue weighted by molar-refractivity contribution is 5.91. The number of carbonyl (C=O) groups is 2. The van der Waals surface area contributed by atoms with Crippen LogP contribution in [0.5, 0.6) is 0 Å². The Hall–Kier alpha value is -1.92. The summed E-state index contributed by atoms with van der Waals surface area (Å²) in [6.45, 7) is 5.12. The van der Waals surface area contributed by atoms with Crippen molar-refractivity contribution in [1.29, 1.82) is 0 Å². The van der Waals surface area contributed by atoms with E-state index in [1.807, 2.05) is 0 Å². The maximum absolute atomic E-state index is 11.9. The number of ether oxygens (including phenoxy) is 2. The summed E-state index contributed by atoms with van der Waals surface area (Å²) in [4.78, 5) is 33.5. The molecule has 0 saturated carbocycles. The Morgan fingerprint density at radius 2 is 1.76 bits per heavy atom. The van der Waals surface area contributed by atoms with E-state index in [1.165, 1.54) is 7.11 Å². The van der Waals surface area contributed by atoms with Gasteiger partial charge in [-0.1, -0.05) is 18.2 Å². The van der Waals surface area contributed by atoms with E-state index in [1.54, 1.807) is 51.1 Å². The summed E-state index contributed by atoms with van der Waals surface area (Å²) in [6, 6.07) is 8.34. The Morgan fingerprint density at radius 1 is 1.14 bits per heavy atom. The third kappa shape index (κ3) is 6.37. The number of hydrogen-bond acceptors (Lipinski definition) is 6. The van der Waals surface area contributed by atoms with Crippen molar-refractivity contribution in [2.75, 3.05) is 13.7 Å². The summed E-state index contributed by atoms with van der Waals surface area (Å²) in [6.07, 6.45) is -1.19. The lowest BCUT2D eigenvalue weighted by molar-refractivity contribution is -0.354. The number of esters is 2. The Bertz CT molecular complexity index is 463. The summed E-state index contributed by atoms with van der Waals surface area (Å²) in [5, 5.41) is 0. The molecule has 0 aliphatic heterocycles. The normalized spacial score (nSPS) is 12.6. The van der Waals surface area contributed by atoms with Gasteiger partial charge < -0.3 is 9.47 Å². The number of hydrogen-bond donors (Lipinski definition) is 0. The van der Waals surface area contributed by atoms with E-state index in [-0.39, 0.29) is 6.61 Å². The molecule has 0 N–H and O–H groups in total. The number of carbonyl (C=O) groups excluding carboxylic acids is 2. The monoisotopic (exact) mass is 296 g/mol. The highest BCUT2D eigenvalue weighted by Gasteiger charge is 2.26. The van der Waals surface area contributed by atoms with Crippen LogP contribution < -0.4 is 0 Å². The van der Waals surface area contributed by atoms with Gasteiger partial charge in [0.2, 0.25) is 6.10 Å². The molecule has 1 atom stereocenters. The molecule has 0 bridgehead atoms. The van der Waals surface area contributed by atoms with Crippen LogP contribution in [0.4, 0.5) is 0 Å². The van der Waals surface area contributed by atoms with Crippen molar-refractivity contribution in [2.24, 2.45) is 0 Å². The minimum absolute atomic E-state index is 0.248. The third-order valence-electron chi connectivity index (χ3n) is 2.25. The van der Waals surface area contributed by atoms with Crippen molar-refractivity contribution in [3.8, 4) is 0 Å². The second-order valence-electron chi connectivity index (χ2n) is 5.26. The van der Waals surface area contributed by atoms with E-state index < -0.39 is 23.6 Å². The molecular formula is C15H20O6. The minimum Gasteiger partial charge on any atom is -0.466 e. The van der Waals surface area contributed by atoms with Gasteiger partial charge in [-0.15, -0.1) is 0 Å². The Balaban J connectivity index is 2.62. The predicted octanol–water partition coefficient (Wildman–Crippen LogP) is 2.13. The maximum Gasteiger partial charge on any atom is 0.349 e. The largest absolute Gasteiger partial charge is 0.466 e. The smallest absolute Gasteiger partial charge is 0.349 e. The highest BCUT2D eigenvalue weighted by atomic mass is 17.2. The van der Waals surface area contributed by atoms with Crippen LogP contribution in [-0.2, 0) is 24.0 Å². The van der Waals surface area contributed by atoms with Gasteiger partial charge >= 0.3 is 11.9 Å². The molecule has 0 aliphatic carbocycles. The quantitative estimate of drug-likeness (QED) is 0.455. The zero-order valence-corrected chi connectivity index (χ0v) is 12.6.